The van der Waals surface area contributed by atoms with Gasteiger partial charge >= 0.3 is 11.9 Å². The number of hydrogen-bond acceptors (Lipinski definition) is 2. The molecule has 1 amide bonds. The molecule has 1 aromatic heterocycles. The molecule has 0 saturated heterocycles. The molecule has 0 radical (unpaired) electrons. The van der Waals surface area contributed by atoms with Gasteiger partial charge in [-0.3, -0.25) is 13.9 Å². The van der Waals surface area contributed by atoms with E-state index in [1.54, 1.807) is 29.6 Å². The van der Waals surface area contributed by atoms with Crippen LogP contribution in [0.4, 0.5) is 17.6 Å². The molecule has 1 N–H and O–H groups in total. The van der Waals surface area contributed by atoms with Crippen LogP contribution in [0.3, 0.4) is 0 Å². The number of nitrogens with zero attached hydrogens (tertiary/aromatic N) is 2. The van der Waals surface area contributed by atoms with Crippen molar-refractivity contribution < 1.29 is 22.4 Å². The van der Waals surface area contributed by atoms with Gasteiger partial charge in [-0.15, -0.1) is 0 Å². The number of carbonyl (C=O) groups excluding carboxylic acids is 1. The molecule has 0 spiro atoms. The first kappa shape index (κ1) is 19.2. The fourth-order valence-corrected chi connectivity index (χ4v) is 2.99. The van der Waals surface area contributed by atoms with Crippen molar-refractivity contribution in [3.05, 3.63) is 63.2 Å². The summed E-state index contributed by atoms with van der Waals surface area (Å²) in [5, 5.41) is 1.72. The van der Waals surface area contributed by atoms with Gasteiger partial charge in [-0.1, -0.05) is 28.1 Å². The minimum Gasteiger partial charge on any atom is -0.345 e. The lowest BCUT2D eigenvalue weighted by molar-refractivity contribution is -0.138. The highest BCUT2D eigenvalue weighted by atomic mass is 79.9. The first-order valence-electron chi connectivity index (χ1n) is 7.66. The molecule has 5 nitrogen and oxygen atoms in total. The summed E-state index contributed by atoms with van der Waals surface area (Å²) in [5.74, 6) is -1.65. The van der Waals surface area contributed by atoms with Crippen LogP contribution in [-0.4, -0.2) is 27.8 Å². The van der Waals surface area contributed by atoms with Crippen LogP contribution < -0.4 is 11.0 Å². The van der Waals surface area contributed by atoms with E-state index in [-0.39, 0.29) is 5.69 Å². The van der Waals surface area contributed by atoms with Crippen LogP contribution in [-0.2, 0) is 11.3 Å². The van der Waals surface area contributed by atoms with Crippen LogP contribution in [0.15, 0.2) is 51.7 Å². The number of amides is 1. The highest BCUT2D eigenvalue weighted by Gasteiger charge is 2.28. The van der Waals surface area contributed by atoms with E-state index in [4.69, 9.17) is 0 Å². The summed E-state index contributed by atoms with van der Waals surface area (Å²) in [5.41, 5.74) is -0.146. The van der Waals surface area contributed by atoms with E-state index in [2.05, 4.69) is 15.9 Å². The summed E-state index contributed by atoms with van der Waals surface area (Å²) >= 11 is 3.13. The van der Waals surface area contributed by atoms with Crippen molar-refractivity contribution >= 4 is 32.9 Å². The summed E-state index contributed by atoms with van der Waals surface area (Å²) in [6.45, 7) is -2.12. The van der Waals surface area contributed by atoms with Crippen LogP contribution in [0.1, 0.15) is 0 Å². The van der Waals surface area contributed by atoms with Crippen molar-refractivity contribution in [3.63, 3.8) is 0 Å². The molecule has 1 heterocycles. The minimum absolute atomic E-state index is 0.0335. The van der Waals surface area contributed by atoms with Gasteiger partial charge in [0, 0.05) is 4.47 Å². The zero-order chi connectivity index (χ0) is 19.8. The van der Waals surface area contributed by atoms with E-state index in [1.165, 1.54) is 18.2 Å². The number of benzene rings is 2. The Morgan fingerprint density at radius 1 is 1.11 bits per heavy atom. The molecule has 0 atom stereocenters. The fraction of sp³-hybridized carbons (Fsp3) is 0.176. The SMILES string of the molecule is O=C(Cn1c(=O)n(-c2ccc(Br)cc2F)c2ccccc21)NCC(F)(F)F. The number of halogens is 5. The Hall–Kier alpha value is -2.62. The second-order valence-electron chi connectivity index (χ2n) is 5.68. The molecule has 3 aromatic rings. The number of para-hydroxylation sites is 2. The van der Waals surface area contributed by atoms with Crippen LogP contribution in [0, 0.1) is 5.82 Å². The van der Waals surface area contributed by atoms with Gasteiger partial charge in [-0.2, -0.15) is 13.2 Å². The molecule has 10 heteroatoms. The highest BCUT2D eigenvalue weighted by molar-refractivity contribution is 9.10. The van der Waals surface area contributed by atoms with Gasteiger partial charge < -0.3 is 5.32 Å². The first-order chi connectivity index (χ1) is 12.7. The normalized spacial score (nSPS) is 11.7. The van der Waals surface area contributed by atoms with E-state index in [0.29, 0.717) is 15.5 Å². The summed E-state index contributed by atoms with van der Waals surface area (Å²) in [6.07, 6.45) is -4.56. The van der Waals surface area contributed by atoms with Gasteiger partial charge in [-0.05, 0) is 30.3 Å². The predicted molar refractivity (Wildman–Crippen MR) is 94.3 cm³/mol. The molecular weight excluding hydrogens is 434 g/mol. The number of aromatic nitrogens is 2. The Morgan fingerprint density at radius 3 is 2.41 bits per heavy atom. The van der Waals surface area contributed by atoms with Crippen molar-refractivity contribution in [1.82, 2.24) is 14.5 Å². The smallest absolute Gasteiger partial charge is 0.345 e. The summed E-state index contributed by atoms with van der Waals surface area (Å²) < 4.78 is 53.7. The maximum Gasteiger partial charge on any atom is 0.405 e. The second kappa shape index (κ2) is 7.18. The number of rotatable bonds is 4. The molecule has 0 aliphatic heterocycles. The van der Waals surface area contributed by atoms with Crippen LogP contribution in [0.5, 0.6) is 0 Å². The Balaban J connectivity index is 2.06. The third-order valence-electron chi connectivity index (χ3n) is 3.77. The molecule has 0 saturated carbocycles. The molecule has 2 aromatic carbocycles. The molecule has 0 aliphatic rings. The van der Waals surface area contributed by atoms with Crippen molar-refractivity contribution in [1.29, 1.82) is 0 Å². The third-order valence-corrected chi connectivity index (χ3v) is 4.27. The summed E-state index contributed by atoms with van der Waals surface area (Å²) in [6, 6.07) is 10.4. The van der Waals surface area contributed by atoms with Gasteiger partial charge in [0.1, 0.15) is 18.9 Å². The molecule has 142 valence electrons. The van der Waals surface area contributed by atoms with Crippen LogP contribution in [0.2, 0.25) is 0 Å². The Labute approximate surface area is 158 Å². The zero-order valence-corrected chi connectivity index (χ0v) is 15.1. The van der Waals surface area contributed by atoms with E-state index in [0.717, 1.165) is 9.13 Å². The monoisotopic (exact) mass is 445 g/mol. The lowest BCUT2D eigenvalue weighted by atomic mass is 10.2. The molecule has 0 fully saturated rings. The molecule has 27 heavy (non-hydrogen) atoms. The average molecular weight is 446 g/mol. The Kier molecular flexibility index (Phi) is 5.09. The van der Waals surface area contributed by atoms with Crippen molar-refractivity contribution in [2.75, 3.05) is 6.54 Å². The van der Waals surface area contributed by atoms with E-state index in [9.17, 15) is 27.2 Å². The van der Waals surface area contributed by atoms with Crippen molar-refractivity contribution in [2.24, 2.45) is 0 Å². The number of hydrogen-bond donors (Lipinski definition) is 1. The number of carbonyl (C=O) groups is 1. The standard InChI is InChI=1S/C17H12BrF4N3O2/c18-10-5-6-12(11(19)7-10)25-14-4-2-1-3-13(14)24(16(25)27)8-15(26)23-9-17(20,21)22/h1-7H,8-9H2,(H,23,26). The predicted octanol–water partition coefficient (Wildman–Crippen LogP) is 3.37. The third kappa shape index (κ3) is 4.05. The lowest BCUT2D eigenvalue weighted by Crippen LogP contribution is -2.38. The lowest BCUT2D eigenvalue weighted by Gasteiger charge is -2.08. The first-order valence-corrected chi connectivity index (χ1v) is 8.46. The van der Waals surface area contributed by atoms with Gasteiger partial charge in [0.05, 0.1) is 16.7 Å². The molecular formula is C17H12BrF4N3O2. The van der Waals surface area contributed by atoms with Crippen LogP contribution in [0.25, 0.3) is 16.7 Å². The fourth-order valence-electron chi connectivity index (χ4n) is 2.65. The number of fused-ring (bicyclic) bond motifs is 1. The second-order valence-corrected chi connectivity index (χ2v) is 6.60. The maximum atomic E-state index is 14.4. The molecule has 0 unspecified atom stereocenters. The number of imidazole rings is 1. The quantitative estimate of drug-likeness (QED) is 0.626. The topological polar surface area (TPSA) is 56.0 Å². The van der Waals surface area contributed by atoms with Gasteiger partial charge in [0.2, 0.25) is 5.91 Å². The Bertz CT molecular complexity index is 1070. The summed E-state index contributed by atoms with van der Waals surface area (Å²) in [7, 11) is 0. The van der Waals surface area contributed by atoms with Crippen molar-refractivity contribution in [3.8, 4) is 5.69 Å². The zero-order valence-electron chi connectivity index (χ0n) is 13.6. The molecule has 0 bridgehead atoms. The van der Waals surface area contributed by atoms with Crippen LogP contribution >= 0.6 is 15.9 Å². The molecule has 3 rings (SSSR count). The minimum atomic E-state index is -4.56. The van der Waals surface area contributed by atoms with Gasteiger partial charge in [0.15, 0.2) is 0 Å². The van der Waals surface area contributed by atoms with Crippen molar-refractivity contribution in [2.45, 2.75) is 12.7 Å². The number of nitrogens with one attached hydrogen (secondary N) is 1. The van der Waals surface area contributed by atoms with E-state index in [1.807, 2.05) is 0 Å². The largest absolute Gasteiger partial charge is 0.405 e. The number of alkyl halides is 3. The molecule has 0 aliphatic carbocycles. The van der Waals surface area contributed by atoms with Gasteiger partial charge in [-0.25, -0.2) is 9.18 Å². The van der Waals surface area contributed by atoms with Gasteiger partial charge in [0.25, 0.3) is 0 Å². The average Bonchev–Trinajstić information content (AvgIpc) is 2.85. The van der Waals surface area contributed by atoms with E-state index < -0.39 is 36.7 Å². The summed E-state index contributed by atoms with van der Waals surface area (Å²) in [4.78, 5) is 24.7. The van der Waals surface area contributed by atoms with E-state index >= 15 is 0 Å². The highest BCUT2D eigenvalue weighted by Crippen LogP contribution is 2.22. The Morgan fingerprint density at radius 2 is 1.78 bits per heavy atom. The maximum absolute atomic E-state index is 14.4.